The number of rotatable bonds is 9. The van der Waals surface area contributed by atoms with E-state index in [-0.39, 0.29) is 23.2 Å². The van der Waals surface area contributed by atoms with Crippen molar-refractivity contribution in [3.63, 3.8) is 0 Å². The number of hydrogen-bond acceptors (Lipinski definition) is 5. The van der Waals surface area contributed by atoms with Crippen LogP contribution < -0.4 is 16.0 Å². The van der Waals surface area contributed by atoms with Gasteiger partial charge in [-0.3, -0.25) is 14.4 Å². The summed E-state index contributed by atoms with van der Waals surface area (Å²) in [5.41, 5.74) is 1.44. The number of amides is 3. The molecule has 0 radical (unpaired) electrons. The van der Waals surface area contributed by atoms with Crippen molar-refractivity contribution >= 4 is 46.9 Å². The molecule has 37 heavy (non-hydrogen) atoms. The Morgan fingerprint density at radius 3 is 2.16 bits per heavy atom. The van der Waals surface area contributed by atoms with Crippen LogP contribution in [0.25, 0.3) is 6.08 Å². The highest BCUT2D eigenvalue weighted by molar-refractivity contribution is 8.00. The van der Waals surface area contributed by atoms with Crippen LogP contribution in [-0.4, -0.2) is 23.5 Å². The zero-order chi connectivity index (χ0) is 26.0. The van der Waals surface area contributed by atoms with Crippen molar-refractivity contribution in [1.82, 2.24) is 5.32 Å². The van der Waals surface area contributed by atoms with Crippen LogP contribution in [0.1, 0.15) is 16.1 Å². The maximum atomic E-state index is 13.0. The fourth-order valence-electron chi connectivity index (χ4n) is 3.17. The molecule has 0 atom stereocenters. The molecule has 0 saturated heterocycles. The molecule has 4 rings (SSSR count). The van der Waals surface area contributed by atoms with Crippen LogP contribution in [0.3, 0.4) is 0 Å². The Labute approximate surface area is 216 Å². The Morgan fingerprint density at radius 2 is 1.49 bits per heavy atom. The van der Waals surface area contributed by atoms with E-state index in [1.165, 1.54) is 48.4 Å². The molecule has 7 nitrogen and oxygen atoms in total. The van der Waals surface area contributed by atoms with Gasteiger partial charge in [-0.1, -0.05) is 18.2 Å². The topological polar surface area (TPSA) is 100 Å². The predicted molar refractivity (Wildman–Crippen MR) is 141 cm³/mol. The van der Waals surface area contributed by atoms with Crippen molar-refractivity contribution in [2.75, 3.05) is 16.4 Å². The monoisotopic (exact) mass is 515 g/mol. The van der Waals surface area contributed by atoms with Crippen LogP contribution in [-0.2, 0) is 9.59 Å². The third kappa shape index (κ3) is 7.68. The largest absolute Gasteiger partial charge is 0.465 e. The summed E-state index contributed by atoms with van der Waals surface area (Å²) < 4.78 is 18.3. The highest BCUT2D eigenvalue weighted by atomic mass is 32.2. The third-order valence-corrected chi connectivity index (χ3v) is 5.98. The van der Waals surface area contributed by atoms with Gasteiger partial charge in [0.25, 0.3) is 11.8 Å². The van der Waals surface area contributed by atoms with Crippen molar-refractivity contribution in [2.45, 2.75) is 4.90 Å². The molecule has 9 heteroatoms. The van der Waals surface area contributed by atoms with Crippen molar-refractivity contribution in [1.29, 1.82) is 0 Å². The molecule has 0 fully saturated rings. The van der Waals surface area contributed by atoms with Crippen molar-refractivity contribution in [3.8, 4) is 0 Å². The fraction of sp³-hybridized carbons (Fsp3) is 0.0357. The minimum absolute atomic E-state index is 0.0136. The van der Waals surface area contributed by atoms with Crippen LogP contribution in [0.5, 0.6) is 0 Å². The Hall–Kier alpha value is -4.63. The van der Waals surface area contributed by atoms with Gasteiger partial charge < -0.3 is 20.4 Å². The standard InChI is InChI=1S/C28H22FN3O4S/c29-20-8-10-21(11-9-20)30-26(33)18-37-24-14-12-22(13-15-24)31-28(35)25(17-23-7-4-16-36-23)32-27(34)19-5-2-1-3-6-19/h1-17H,18H2,(H,30,33)(H,31,35)(H,32,34)/b25-17-. The molecule has 186 valence electrons. The van der Waals surface area contributed by atoms with Gasteiger partial charge in [-0.05, 0) is 72.8 Å². The first-order chi connectivity index (χ1) is 18.0. The summed E-state index contributed by atoms with van der Waals surface area (Å²) >= 11 is 1.31. The quantitative estimate of drug-likeness (QED) is 0.200. The number of benzene rings is 3. The summed E-state index contributed by atoms with van der Waals surface area (Å²) in [5, 5.41) is 8.10. The minimum atomic E-state index is -0.528. The van der Waals surface area contributed by atoms with E-state index in [0.717, 1.165) is 4.90 Å². The normalized spacial score (nSPS) is 11.0. The van der Waals surface area contributed by atoms with Crippen LogP contribution in [0.15, 0.2) is 112 Å². The highest BCUT2D eigenvalue weighted by Crippen LogP contribution is 2.21. The molecule has 0 saturated carbocycles. The fourth-order valence-corrected chi connectivity index (χ4v) is 3.87. The highest BCUT2D eigenvalue weighted by Gasteiger charge is 2.16. The number of carbonyl (C=O) groups is 3. The van der Waals surface area contributed by atoms with Gasteiger partial charge in [-0.15, -0.1) is 11.8 Å². The van der Waals surface area contributed by atoms with Gasteiger partial charge in [-0.2, -0.15) is 0 Å². The molecule has 0 aliphatic rings. The molecule has 0 spiro atoms. The maximum absolute atomic E-state index is 13.0. The number of nitrogens with one attached hydrogen (secondary N) is 3. The summed E-state index contributed by atoms with van der Waals surface area (Å²) in [6, 6.07) is 24.4. The molecular formula is C28H22FN3O4S. The van der Waals surface area contributed by atoms with Crippen LogP contribution in [0.4, 0.5) is 15.8 Å². The average molecular weight is 516 g/mol. The zero-order valence-electron chi connectivity index (χ0n) is 19.4. The van der Waals surface area contributed by atoms with E-state index in [1.807, 2.05) is 0 Å². The summed E-state index contributed by atoms with van der Waals surface area (Å²) in [7, 11) is 0. The molecule has 0 bridgehead atoms. The van der Waals surface area contributed by atoms with Crippen molar-refractivity contribution in [3.05, 3.63) is 120 Å². The number of carbonyl (C=O) groups excluding carboxylic acids is 3. The van der Waals surface area contributed by atoms with E-state index >= 15 is 0 Å². The molecule has 0 unspecified atom stereocenters. The second kappa shape index (κ2) is 12.4. The van der Waals surface area contributed by atoms with E-state index in [0.29, 0.717) is 22.7 Å². The molecule has 0 aliphatic carbocycles. The van der Waals surface area contributed by atoms with Crippen LogP contribution in [0, 0.1) is 5.82 Å². The number of halogens is 1. The summed E-state index contributed by atoms with van der Waals surface area (Å²) in [6.45, 7) is 0. The lowest BCUT2D eigenvalue weighted by Crippen LogP contribution is -2.30. The lowest BCUT2D eigenvalue weighted by molar-refractivity contribution is -0.114. The molecule has 1 heterocycles. The van der Waals surface area contributed by atoms with Gasteiger partial charge in [0.15, 0.2) is 0 Å². The Morgan fingerprint density at radius 1 is 0.811 bits per heavy atom. The number of thioether (sulfide) groups is 1. The van der Waals surface area contributed by atoms with Crippen LogP contribution in [0.2, 0.25) is 0 Å². The minimum Gasteiger partial charge on any atom is -0.465 e. The third-order valence-electron chi connectivity index (χ3n) is 4.97. The lowest BCUT2D eigenvalue weighted by Gasteiger charge is -2.11. The predicted octanol–water partition coefficient (Wildman–Crippen LogP) is 5.56. The van der Waals surface area contributed by atoms with E-state index < -0.39 is 11.8 Å². The molecule has 0 aliphatic heterocycles. The number of furan rings is 1. The molecule has 3 amide bonds. The summed E-state index contributed by atoms with van der Waals surface area (Å²) in [5.74, 6) is -0.995. The number of hydrogen-bond donors (Lipinski definition) is 3. The maximum Gasteiger partial charge on any atom is 0.272 e. The van der Waals surface area contributed by atoms with Crippen molar-refractivity contribution in [2.24, 2.45) is 0 Å². The first kappa shape index (κ1) is 25.5. The molecular weight excluding hydrogens is 493 g/mol. The average Bonchev–Trinajstić information content (AvgIpc) is 3.43. The van der Waals surface area contributed by atoms with Gasteiger partial charge >= 0.3 is 0 Å². The van der Waals surface area contributed by atoms with Gasteiger partial charge in [0, 0.05) is 27.9 Å². The summed E-state index contributed by atoms with van der Waals surface area (Å²) in [4.78, 5) is 38.6. The van der Waals surface area contributed by atoms with Crippen LogP contribution >= 0.6 is 11.8 Å². The lowest BCUT2D eigenvalue weighted by atomic mass is 10.2. The Balaban J connectivity index is 1.36. The second-order valence-electron chi connectivity index (χ2n) is 7.72. The Bertz CT molecular complexity index is 1390. The SMILES string of the molecule is O=C(CSc1ccc(NC(=O)/C(=C/c2ccco2)NC(=O)c2ccccc2)cc1)Nc1ccc(F)cc1. The first-order valence-corrected chi connectivity index (χ1v) is 12.2. The smallest absolute Gasteiger partial charge is 0.272 e. The van der Waals surface area contributed by atoms with Gasteiger partial charge in [0.2, 0.25) is 5.91 Å². The number of anilines is 2. The molecule has 1 aromatic heterocycles. The van der Waals surface area contributed by atoms with Gasteiger partial charge in [-0.25, -0.2) is 4.39 Å². The van der Waals surface area contributed by atoms with Gasteiger partial charge in [0.05, 0.1) is 12.0 Å². The molecule has 4 aromatic rings. The van der Waals surface area contributed by atoms with E-state index in [1.54, 1.807) is 66.7 Å². The van der Waals surface area contributed by atoms with E-state index in [4.69, 9.17) is 4.42 Å². The van der Waals surface area contributed by atoms with E-state index in [2.05, 4.69) is 16.0 Å². The molecule has 3 N–H and O–H groups in total. The van der Waals surface area contributed by atoms with E-state index in [9.17, 15) is 18.8 Å². The summed E-state index contributed by atoms with van der Waals surface area (Å²) in [6.07, 6.45) is 2.91. The Kier molecular flexibility index (Phi) is 8.51. The second-order valence-corrected chi connectivity index (χ2v) is 8.76. The first-order valence-electron chi connectivity index (χ1n) is 11.2. The molecule has 3 aromatic carbocycles. The van der Waals surface area contributed by atoms with Gasteiger partial charge in [0.1, 0.15) is 17.3 Å². The zero-order valence-corrected chi connectivity index (χ0v) is 20.3. The van der Waals surface area contributed by atoms with Crippen molar-refractivity contribution < 1.29 is 23.2 Å².